The minimum Gasteiger partial charge on any atom is -0.443 e. The molecular weight excluding hydrogens is 378 g/mol. The summed E-state index contributed by atoms with van der Waals surface area (Å²) in [6, 6.07) is 5.24. The molecule has 2 aliphatic heterocycles. The summed E-state index contributed by atoms with van der Waals surface area (Å²) in [7, 11) is 0. The van der Waals surface area contributed by atoms with Crippen molar-refractivity contribution in [3.8, 4) is 0 Å². The molecule has 9 heteroatoms. The van der Waals surface area contributed by atoms with Gasteiger partial charge in [0.15, 0.2) is 6.73 Å². The van der Waals surface area contributed by atoms with Crippen LogP contribution in [0.1, 0.15) is 47.4 Å². The molecule has 0 bridgehead atoms. The van der Waals surface area contributed by atoms with E-state index in [1.165, 1.54) is 12.1 Å². The molecule has 0 radical (unpaired) electrons. The summed E-state index contributed by atoms with van der Waals surface area (Å²) in [5, 5.41) is 0. The number of hydrogen-bond donors (Lipinski definition) is 0. The van der Waals surface area contributed by atoms with Crippen LogP contribution in [0.3, 0.4) is 0 Å². The monoisotopic (exact) mass is 401 g/mol. The van der Waals surface area contributed by atoms with Crippen LogP contribution < -0.4 is 0 Å². The number of ether oxygens (including phenoxy) is 1. The number of nitrogens with zero attached hydrogens (tertiary/aromatic N) is 3. The number of benzene rings is 1. The number of imide groups is 2. The van der Waals surface area contributed by atoms with Crippen LogP contribution >= 0.6 is 0 Å². The van der Waals surface area contributed by atoms with Crippen molar-refractivity contribution in [2.45, 2.75) is 32.7 Å². The molecule has 1 saturated heterocycles. The first kappa shape index (κ1) is 20.7. The van der Waals surface area contributed by atoms with Gasteiger partial charge in [-0.05, 0) is 31.6 Å². The van der Waals surface area contributed by atoms with Gasteiger partial charge >= 0.3 is 5.97 Å². The van der Waals surface area contributed by atoms with Gasteiger partial charge in [0.1, 0.15) is 6.04 Å². The summed E-state index contributed by atoms with van der Waals surface area (Å²) in [5.74, 6) is -2.89. The molecule has 4 amide bonds. The second-order valence-electron chi connectivity index (χ2n) is 6.85. The van der Waals surface area contributed by atoms with E-state index in [2.05, 4.69) is 0 Å². The average molecular weight is 401 g/mol. The third-order valence-corrected chi connectivity index (χ3v) is 5.22. The summed E-state index contributed by atoms with van der Waals surface area (Å²) in [6.07, 6.45) is 0.0183. The van der Waals surface area contributed by atoms with Gasteiger partial charge in [0.05, 0.1) is 17.7 Å². The maximum atomic E-state index is 12.9. The molecule has 154 valence electrons. The Labute approximate surface area is 168 Å². The lowest BCUT2D eigenvalue weighted by Gasteiger charge is -2.34. The highest BCUT2D eigenvalue weighted by Gasteiger charge is 2.47. The molecule has 1 aromatic rings. The van der Waals surface area contributed by atoms with Gasteiger partial charge in [-0.1, -0.05) is 26.0 Å². The van der Waals surface area contributed by atoms with Gasteiger partial charge in [0, 0.05) is 6.42 Å². The second kappa shape index (κ2) is 8.52. The van der Waals surface area contributed by atoms with Crippen LogP contribution in [-0.4, -0.2) is 76.7 Å². The Hall–Kier alpha value is -3.07. The number of fused-ring (bicyclic) bond motifs is 1. The van der Waals surface area contributed by atoms with Crippen molar-refractivity contribution in [2.75, 3.05) is 26.4 Å². The number of rotatable bonds is 7. The number of likely N-dealkylation sites (tertiary alicyclic amines) is 1. The van der Waals surface area contributed by atoms with Gasteiger partial charge in [-0.2, -0.15) is 0 Å². The van der Waals surface area contributed by atoms with E-state index in [1.807, 2.05) is 18.7 Å². The van der Waals surface area contributed by atoms with Gasteiger partial charge in [-0.15, -0.1) is 0 Å². The lowest BCUT2D eigenvalue weighted by atomic mass is 10.0. The van der Waals surface area contributed by atoms with Gasteiger partial charge in [-0.25, -0.2) is 4.90 Å². The zero-order chi connectivity index (χ0) is 21.1. The van der Waals surface area contributed by atoms with E-state index in [1.54, 1.807) is 12.1 Å². The average Bonchev–Trinajstić information content (AvgIpc) is 2.97. The Morgan fingerprint density at radius 3 is 2.21 bits per heavy atom. The Morgan fingerprint density at radius 1 is 1.07 bits per heavy atom. The first-order valence-electron chi connectivity index (χ1n) is 9.58. The molecule has 0 spiro atoms. The Bertz CT molecular complexity index is 829. The summed E-state index contributed by atoms with van der Waals surface area (Å²) < 4.78 is 5.10. The molecular formula is C20H23N3O6. The molecule has 1 atom stereocenters. The molecule has 0 N–H and O–H groups in total. The van der Waals surface area contributed by atoms with Crippen LogP contribution in [-0.2, 0) is 19.1 Å². The number of carbonyl (C=O) groups excluding carboxylic acids is 5. The maximum Gasteiger partial charge on any atom is 0.321 e. The van der Waals surface area contributed by atoms with Crippen LogP contribution in [0, 0.1) is 0 Å². The van der Waals surface area contributed by atoms with Crippen molar-refractivity contribution in [2.24, 2.45) is 0 Å². The molecule has 9 nitrogen and oxygen atoms in total. The number of carbonyl (C=O) groups is 5. The number of piperidine rings is 1. The maximum absolute atomic E-state index is 12.9. The van der Waals surface area contributed by atoms with Crippen molar-refractivity contribution in [3.63, 3.8) is 0 Å². The number of hydrogen-bond acceptors (Lipinski definition) is 7. The summed E-state index contributed by atoms with van der Waals surface area (Å²) in [5.41, 5.74) is 0.471. The zero-order valence-electron chi connectivity index (χ0n) is 16.4. The highest BCUT2D eigenvalue weighted by atomic mass is 16.5. The van der Waals surface area contributed by atoms with E-state index >= 15 is 0 Å². The van der Waals surface area contributed by atoms with Crippen LogP contribution in [0.25, 0.3) is 0 Å². The summed E-state index contributed by atoms with van der Waals surface area (Å²) in [6.45, 7) is 4.65. The van der Waals surface area contributed by atoms with E-state index < -0.39 is 42.4 Å². The Morgan fingerprint density at radius 2 is 1.66 bits per heavy atom. The first-order chi connectivity index (χ1) is 13.9. The topological polar surface area (TPSA) is 104 Å². The predicted octanol–water partition coefficient (Wildman–Crippen LogP) is 0.643. The third-order valence-electron chi connectivity index (χ3n) is 5.22. The van der Waals surface area contributed by atoms with Gasteiger partial charge in [0.2, 0.25) is 5.91 Å². The van der Waals surface area contributed by atoms with Crippen molar-refractivity contribution in [3.05, 3.63) is 35.4 Å². The minimum atomic E-state index is -1.10. The molecule has 1 aromatic carbocycles. The van der Waals surface area contributed by atoms with Gasteiger partial charge in [0.25, 0.3) is 17.7 Å². The molecule has 1 fully saturated rings. The Balaban J connectivity index is 1.70. The van der Waals surface area contributed by atoms with Crippen LogP contribution in [0.15, 0.2) is 24.3 Å². The quantitative estimate of drug-likeness (QED) is 0.488. The molecule has 0 aromatic heterocycles. The highest BCUT2D eigenvalue weighted by Crippen LogP contribution is 2.28. The number of likely N-dealkylation sites (N-methyl/N-ethyl adjacent to an activating group) is 1. The molecule has 29 heavy (non-hydrogen) atoms. The van der Waals surface area contributed by atoms with Crippen molar-refractivity contribution < 1.29 is 28.7 Å². The molecule has 1 unspecified atom stereocenters. The van der Waals surface area contributed by atoms with Crippen LogP contribution in [0.5, 0.6) is 0 Å². The lowest BCUT2D eigenvalue weighted by Crippen LogP contribution is -2.56. The van der Waals surface area contributed by atoms with Crippen LogP contribution in [0.2, 0.25) is 0 Å². The zero-order valence-corrected chi connectivity index (χ0v) is 16.4. The molecule has 0 aliphatic carbocycles. The SMILES string of the molecule is CCN(CC)CC(=O)OCN1C(=O)CCC(N2C(=O)c3ccccc3C2=O)C1=O. The van der Waals surface area contributed by atoms with E-state index in [4.69, 9.17) is 4.74 Å². The fraction of sp³-hybridized carbons (Fsp3) is 0.450. The predicted molar refractivity (Wildman–Crippen MR) is 101 cm³/mol. The normalized spacial score (nSPS) is 19.2. The van der Waals surface area contributed by atoms with Crippen molar-refractivity contribution >= 4 is 29.6 Å². The second-order valence-corrected chi connectivity index (χ2v) is 6.85. The lowest BCUT2D eigenvalue weighted by molar-refractivity contribution is -0.164. The van der Waals surface area contributed by atoms with Gasteiger partial charge in [-0.3, -0.25) is 33.8 Å². The van der Waals surface area contributed by atoms with E-state index in [0.717, 1.165) is 9.80 Å². The van der Waals surface area contributed by atoms with Crippen molar-refractivity contribution in [1.29, 1.82) is 0 Å². The third kappa shape index (κ3) is 3.91. The smallest absolute Gasteiger partial charge is 0.321 e. The van der Waals surface area contributed by atoms with Gasteiger partial charge < -0.3 is 4.74 Å². The summed E-state index contributed by atoms with van der Waals surface area (Å²) in [4.78, 5) is 65.9. The number of amides is 4. The fourth-order valence-corrected chi connectivity index (χ4v) is 3.50. The molecule has 0 saturated carbocycles. The highest BCUT2D eigenvalue weighted by molar-refractivity contribution is 6.23. The van der Waals surface area contributed by atoms with E-state index in [9.17, 15) is 24.0 Å². The molecule has 2 aliphatic rings. The number of esters is 1. The minimum absolute atomic E-state index is 0.0303. The Kier molecular flexibility index (Phi) is 6.07. The molecule has 3 rings (SSSR count). The van der Waals surface area contributed by atoms with E-state index in [0.29, 0.717) is 13.1 Å². The van der Waals surface area contributed by atoms with Crippen molar-refractivity contribution in [1.82, 2.24) is 14.7 Å². The van der Waals surface area contributed by atoms with Crippen LogP contribution in [0.4, 0.5) is 0 Å². The summed E-state index contributed by atoms with van der Waals surface area (Å²) >= 11 is 0. The van der Waals surface area contributed by atoms with E-state index in [-0.39, 0.29) is 30.5 Å². The first-order valence-corrected chi connectivity index (χ1v) is 9.58. The standard InChI is InChI=1S/C20H23N3O6/c1-3-21(4-2)11-17(25)29-12-22-16(24)10-9-15(20(22)28)23-18(26)13-7-5-6-8-14(13)19(23)27/h5-8,15H,3-4,9-12H2,1-2H3. The molecule has 2 heterocycles. The fourth-order valence-electron chi connectivity index (χ4n) is 3.50. The largest absolute Gasteiger partial charge is 0.443 e.